The Bertz CT molecular complexity index is 1460. The number of nitrogens with one attached hydrogen (secondary N) is 2. The van der Waals surface area contributed by atoms with E-state index in [0.29, 0.717) is 22.6 Å². The van der Waals surface area contributed by atoms with Crippen LogP contribution in [0, 0.1) is 0 Å². The summed E-state index contributed by atoms with van der Waals surface area (Å²) in [5, 5.41) is 1.83. The Hall–Kier alpha value is -4.13. The molecule has 158 valence electrons. The number of aromatic amines is 2. The van der Waals surface area contributed by atoms with Crippen molar-refractivity contribution in [1.82, 2.24) is 15.0 Å². The number of pyridine rings is 1. The van der Waals surface area contributed by atoms with Crippen LogP contribution in [0.2, 0.25) is 0 Å². The third kappa shape index (κ3) is 3.58. The van der Waals surface area contributed by atoms with Crippen LogP contribution in [0.1, 0.15) is 21.7 Å². The van der Waals surface area contributed by atoms with Gasteiger partial charge in [-0.1, -0.05) is 30.3 Å². The summed E-state index contributed by atoms with van der Waals surface area (Å²) < 4.78 is 39.0. The van der Waals surface area contributed by atoms with E-state index in [2.05, 4.69) is 15.0 Å². The first-order chi connectivity index (χ1) is 15.4. The van der Waals surface area contributed by atoms with Crippen molar-refractivity contribution in [3.63, 3.8) is 0 Å². The molecule has 3 aromatic heterocycles. The minimum atomic E-state index is -4.41. The van der Waals surface area contributed by atoms with Crippen molar-refractivity contribution in [2.45, 2.75) is 6.18 Å². The molecule has 5 aromatic rings. The number of hydrogen-bond donors (Lipinski definition) is 2. The largest absolute Gasteiger partial charge is 0.416 e. The fourth-order valence-electron chi connectivity index (χ4n) is 3.71. The van der Waals surface area contributed by atoms with E-state index < -0.39 is 11.7 Å². The number of para-hydroxylation sites is 1. The van der Waals surface area contributed by atoms with Gasteiger partial charge in [-0.2, -0.15) is 13.2 Å². The van der Waals surface area contributed by atoms with Crippen LogP contribution >= 0.6 is 0 Å². The summed E-state index contributed by atoms with van der Waals surface area (Å²) in [5.74, 6) is -0.202. The first kappa shape index (κ1) is 19.8. The fourth-order valence-corrected chi connectivity index (χ4v) is 3.71. The number of carbonyl (C=O) groups is 1. The monoisotopic (exact) mass is 431 g/mol. The number of alkyl halides is 3. The van der Waals surface area contributed by atoms with Gasteiger partial charge < -0.3 is 9.97 Å². The zero-order chi connectivity index (χ0) is 22.3. The number of carbonyl (C=O) groups excluding carboxylic acids is 1. The van der Waals surface area contributed by atoms with Gasteiger partial charge in [-0.05, 0) is 48.6 Å². The zero-order valence-electron chi connectivity index (χ0n) is 16.6. The maximum absolute atomic E-state index is 13.0. The number of benzene rings is 2. The normalized spacial score (nSPS) is 12.2. The summed E-state index contributed by atoms with van der Waals surface area (Å²) in [6.07, 6.45) is 0.286. The molecule has 32 heavy (non-hydrogen) atoms. The lowest BCUT2D eigenvalue weighted by molar-refractivity contribution is -0.137. The number of halogens is 3. The van der Waals surface area contributed by atoms with E-state index in [-0.39, 0.29) is 5.78 Å². The Morgan fingerprint density at radius 2 is 1.72 bits per heavy atom. The zero-order valence-corrected chi connectivity index (χ0v) is 16.6. The molecule has 2 aromatic carbocycles. The Kier molecular flexibility index (Phi) is 4.66. The molecule has 0 aliphatic carbocycles. The first-order valence-electron chi connectivity index (χ1n) is 9.85. The molecule has 0 bridgehead atoms. The van der Waals surface area contributed by atoms with E-state index in [1.54, 1.807) is 24.4 Å². The van der Waals surface area contributed by atoms with Gasteiger partial charge in [0, 0.05) is 28.0 Å². The second-order valence-electron chi connectivity index (χ2n) is 7.35. The van der Waals surface area contributed by atoms with Crippen molar-refractivity contribution < 1.29 is 18.0 Å². The minimum Gasteiger partial charge on any atom is -0.359 e. The lowest BCUT2D eigenvalue weighted by Gasteiger charge is -2.09. The topological polar surface area (TPSA) is 61.5 Å². The molecule has 7 heteroatoms. The standard InChI is InChI=1S/C25H16F3N3O/c26-25(27,28)16-9-7-15(8-10-16)23-24-19(18-4-1-2-5-20(18)31-24)14-17(30-23)11-12-22(32)21-6-3-13-29-21/h1-14,29,31H/b12-11+. The van der Waals surface area contributed by atoms with Crippen molar-refractivity contribution in [3.8, 4) is 11.3 Å². The second-order valence-corrected chi connectivity index (χ2v) is 7.35. The van der Waals surface area contributed by atoms with Crippen LogP contribution in [0.5, 0.6) is 0 Å². The second kappa shape index (κ2) is 7.53. The van der Waals surface area contributed by atoms with Crippen LogP contribution in [0.4, 0.5) is 13.2 Å². The summed E-state index contributed by atoms with van der Waals surface area (Å²) in [4.78, 5) is 23.2. The number of aromatic nitrogens is 3. The van der Waals surface area contributed by atoms with E-state index >= 15 is 0 Å². The van der Waals surface area contributed by atoms with Crippen molar-refractivity contribution in [1.29, 1.82) is 0 Å². The highest BCUT2D eigenvalue weighted by atomic mass is 19.4. The van der Waals surface area contributed by atoms with Gasteiger partial charge in [0.25, 0.3) is 0 Å². The van der Waals surface area contributed by atoms with Gasteiger partial charge in [0.15, 0.2) is 0 Å². The molecule has 0 aliphatic heterocycles. The summed E-state index contributed by atoms with van der Waals surface area (Å²) in [5.41, 5.74) is 2.93. The van der Waals surface area contributed by atoms with E-state index in [9.17, 15) is 18.0 Å². The van der Waals surface area contributed by atoms with Crippen LogP contribution in [0.3, 0.4) is 0 Å². The van der Waals surface area contributed by atoms with Crippen LogP contribution in [0.25, 0.3) is 39.1 Å². The molecule has 0 saturated carbocycles. The molecule has 0 aliphatic rings. The quantitative estimate of drug-likeness (QED) is 0.248. The lowest BCUT2D eigenvalue weighted by Crippen LogP contribution is -2.04. The Labute approximate surface area is 180 Å². The van der Waals surface area contributed by atoms with Gasteiger partial charge in [0.1, 0.15) is 0 Å². The van der Waals surface area contributed by atoms with Crippen molar-refractivity contribution in [3.05, 3.63) is 96.0 Å². The van der Waals surface area contributed by atoms with Gasteiger partial charge >= 0.3 is 6.18 Å². The summed E-state index contributed by atoms with van der Waals surface area (Å²) in [7, 11) is 0. The van der Waals surface area contributed by atoms with E-state index in [1.165, 1.54) is 18.2 Å². The fraction of sp³-hybridized carbons (Fsp3) is 0.0400. The first-order valence-corrected chi connectivity index (χ1v) is 9.85. The molecule has 2 N–H and O–H groups in total. The Morgan fingerprint density at radius 1 is 0.938 bits per heavy atom. The third-order valence-electron chi connectivity index (χ3n) is 5.27. The molecule has 0 radical (unpaired) electrons. The molecular formula is C25H16F3N3O. The highest BCUT2D eigenvalue weighted by molar-refractivity contribution is 6.12. The molecule has 0 saturated heterocycles. The van der Waals surface area contributed by atoms with Crippen LogP contribution < -0.4 is 0 Å². The Morgan fingerprint density at radius 3 is 2.44 bits per heavy atom. The smallest absolute Gasteiger partial charge is 0.359 e. The maximum atomic E-state index is 13.0. The highest BCUT2D eigenvalue weighted by Gasteiger charge is 2.30. The predicted octanol–water partition coefficient (Wildman–Crippen LogP) is 6.63. The minimum absolute atomic E-state index is 0.202. The number of ketones is 1. The van der Waals surface area contributed by atoms with Gasteiger partial charge in [-0.25, -0.2) is 4.98 Å². The number of allylic oxidation sites excluding steroid dienone is 1. The SMILES string of the molecule is O=C(/C=C/c1cc2c([nH]c3ccccc32)c(-c2ccc(C(F)(F)F)cc2)n1)c1ccc[nH]1. The summed E-state index contributed by atoms with van der Waals surface area (Å²) in [6.45, 7) is 0. The van der Waals surface area contributed by atoms with Crippen LogP contribution in [-0.2, 0) is 6.18 Å². The number of rotatable bonds is 4. The van der Waals surface area contributed by atoms with E-state index in [4.69, 9.17) is 0 Å². The molecule has 0 atom stereocenters. The molecule has 0 unspecified atom stereocenters. The summed E-state index contributed by atoms with van der Waals surface area (Å²) >= 11 is 0. The Balaban J connectivity index is 1.66. The number of nitrogens with zero attached hydrogens (tertiary/aromatic N) is 1. The molecule has 0 fully saturated rings. The highest BCUT2D eigenvalue weighted by Crippen LogP contribution is 2.35. The molecule has 5 rings (SSSR count). The molecule has 0 amide bonds. The molecule has 4 nitrogen and oxygen atoms in total. The van der Waals surface area contributed by atoms with Gasteiger partial charge in [0.2, 0.25) is 5.78 Å². The molecule has 0 spiro atoms. The van der Waals surface area contributed by atoms with Crippen LogP contribution in [-0.4, -0.2) is 20.7 Å². The van der Waals surface area contributed by atoms with Crippen molar-refractivity contribution in [2.75, 3.05) is 0 Å². The molecule has 3 heterocycles. The van der Waals surface area contributed by atoms with Gasteiger partial charge in [-0.15, -0.1) is 0 Å². The molecular weight excluding hydrogens is 415 g/mol. The third-order valence-corrected chi connectivity index (χ3v) is 5.27. The number of hydrogen-bond acceptors (Lipinski definition) is 2. The van der Waals surface area contributed by atoms with E-state index in [0.717, 1.165) is 33.9 Å². The average molecular weight is 431 g/mol. The lowest BCUT2D eigenvalue weighted by atomic mass is 10.0. The van der Waals surface area contributed by atoms with Crippen molar-refractivity contribution >= 4 is 33.7 Å². The average Bonchev–Trinajstić information content (AvgIpc) is 3.45. The maximum Gasteiger partial charge on any atom is 0.416 e. The summed E-state index contributed by atoms with van der Waals surface area (Å²) in [6, 6.07) is 17.9. The number of H-pyrrole nitrogens is 2. The van der Waals surface area contributed by atoms with Crippen molar-refractivity contribution in [2.24, 2.45) is 0 Å². The van der Waals surface area contributed by atoms with Gasteiger partial charge in [-0.3, -0.25) is 4.79 Å². The predicted molar refractivity (Wildman–Crippen MR) is 118 cm³/mol. The van der Waals surface area contributed by atoms with Crippen LogP contribution in [0.15, 0.2) is 79.0 Å². The number of fused-ring (bicyclic) bond motifs is 3. The van der Waals surface area contributed by atoms with Gasteiger partial charge in [0.05, 0.1) is 28.2 Å². The van der Waals surface area contributed by atoms with E-state index in [1.807, 2.05) is 30.3 Å².